The Morgan fingerprint density at radius 2 is 1.75 bits per heavy atom. The van der Waals surface area contributed by atoms with Gasteiger partial charge in [0.05, 0.1) is 20.9 Å². The number of carbonyl (C=O) groups excluding carboxylic acids is 1. The topological polar surface area (TPSA) is 17.1 Å². The summed E-state index contributed by atoms with van der Waals surface area (Å²) in [6.07, 6.45) is -4.50. The SMILES string of the molecule is O=C(CBr)c1cc2ccc(Cl)c(Cl)c2c2cc(C(F)(F)F)ccc12. The highest BCUT2D eigenvalue weighted by Gasteiger charge is 2.31. The van der Waals surface area contributed by atoms with Crippen molar-refractivity contribution >= 4 is 66.5 Å². The van der Waals surface area contributed by atoms with Crippen molar-refractivity contribution in [2.45, 2.75) is 6.18 Å². The van der Waals surface area contributed by atoms with Gasteiger partial charge < -0.3 is 0 Å². The summed E-state index contributed by atoms with van der Waals surface area (Å²) in [4.78, 5) is 12.2. The Morgan fingerprint density at radius 1 is 1.04 bits per heavy atom. The minimum atomic E-state index is -4.50. The molecule has 0 amide bonds. The summed E-state index contributed by atoms with van der Waals surface area (Å²) in [5, 5.41) is 2.08. The molecule has 124 valence electrons. The van der Waals surface area contributed by atoms with Gasteiger partial charge in [-0.3, -0.25) is 4.79 Å². The third-order valence-corrected chi connectivity index (χ3v) is 5.07. The van der Waals surface area contributed by atoms with E-state index in [4.69, 9.17) is 23.2 Å². The lowest BCUT2D eigenvalue weighted by Crippen LogP contribution is -2.06. The predicted molar refractivity (Wildman–Crippen MR) is 94.6 cm³/mol. The third-order valence-electron chi connectivity index (χ3n) is 3.76. The van der Waals surface area contributed by atoms with Crippen LogP contribution < -0.4 is 0 Å². The summed E-state index contributed by atoms with van der Waals surface area (Å²) < 4.78 is 39.3. The molecule has 0 aliphatic rings. The van der Waals surface area contributed by atoms with E-state index >= 15 is 0 Å². The molecule has 0 heterocycles. The number of ketones is 1. The Hall–Kier alpha value is -1.30. The van der Waals surface area contributed by atoms with Crippen LogP contribution in [0.2, 0.25) is 10.0 Å². The number of benzene rings is 3. The van der Waals surface area contributed by atoms with Crippen molar-refractivity contribution in [2.75, 3.05) is 5.33 Å². The number of hydrogen-bond acceptors (Lipinski definition) is 1. The Morgan fingerprint density at radius 3 is 2.38 bits per heavy atom. The van der Waals surface area contributed by atoms with E-state index in [1.807, 2.05) is 0 Å². The average Bonchev–Trinajstić information content (AvgIpc) is 2.55. The smallest absolute Gasteiger partial charge is 0.293 e. The molecular weight excluding hydrogens is 428 g/mol. The number of hydrogen-bond donors (Lipinski definition) is 0. The first-order valence-corrected chi connectivity index (χ1v) is 8.62. The number of alkyl halides is 4. The quantitative estimate of drug-likeness (QED) is 0.243. The maximum atomic E-state index is 13.1. The summed E-state index contributed by atoms with van der Waals surface area (Å²) in [5.74, 6) is -0.229. The van der Waals surface area contributed by atoms with Gasteiger partial charge in [0.2, 0.25) is 0 Å². The number of carbonyl (C=O) groups is 1. The fourth-order valence-electron chi connectivity index (χ4n) is 2.66. The molecule has 0 N–H and O–H groups in total. The van der Waals surface area contributed by atoms with Crippen LogP contribution in [0, 0.1) is 0 Å². The zero-order valence-electron chi connectivity index (χ0n) is 11.8. The Balaban J connectivity index is 2.53. The average molecular weight is 436 g/mol. The molecule has 0 bridgehead atoms. The van der Waals surface area contributed by atoms with E-state index in [1.54, 1.807) is 18.2 Å². The highest BCUT2D eigenvalue weighted by Crippen LogP contribution is 2.40. The van der Waals surface area contributed by atoms with Gasteiger partial charge in [0.15, 0.2) is 5.78 Å². The number of Topliss-reactive ketones (excluding diaryl/α,β-unsaturated/α-hetero) is 1. The molecule has 1 nitrogen and oxygen atoms in total. The predicted octanol–water partition coefficient (Wildman–Crippen LogP) is 6.90. The van der Waals surface area contributed by atoms with Gasteiger partial charge in [0, 0.05) is 10.9 Å². The van der Waals surface area contributed by atoms with Crippen LogP contribution in [0.25, 0.3) is 21.5 Å². The minimum Gasteiger partial charge on any atom is -0.293 e. The molecule has 0 radical (unpaired) electrons. The van der Waals surface area contributed by atoms with Crippen LogP contribution in [0.4, 0.5) is 13.2 Å². The second-order valence-corrected chi connectivity index (χ2v) is 6.54. The number of fused-ring (bicyclic) bond motifs is 3. The third kappa shape index (κ3) is 2.89. The van der Waals surface area contributed by atoms with Crippen LogP contribution in [0.3, 0.4) is 0 Å². The maximum absolute atomic E-state index is 13.1. The van der Waals surface area contributed by atoms with E-state index in [0.29, 0.717) is 21.7 Å². The highest BCUT2D eigenvalue weighted by molar-refractivity contribution is 9.09. The second kappa shape index (κ2) is 6.21. The van der Waals surface area contributed by atoms with Crippen LogP contribution in [0.5, 0.6) is 0 Å². The Bertz CT molecular complexity index is 983. The van der Waals surface area contributed by atoms with Gasteiger partial charge in [-0.1, -0.05) is 51.3 Å². The molecule has 0 atom stereocenters. The molecule has 0 aromatic heterocycles. The molecule has 0 aliphatic carbocycles. The number of halogens is 6. The van der Waals surface area contributed by atoms with Crippen molar-refractivity contribution in [3.05, 3.63) is 57.6 Å². The summed E-state index contributed by atoms with van der Waals surface area (Å²) in [7, 11) is 0. The molecule has 0 unspecified atom stereocenters. The van der Waals surface area contributed by atoms with Crippen molar-refractivity contribution < 1.29 is 18.0 Å². The Labute approximate surface area is 153 Å². The minimum absolute atomic E-state index is 0.0654. The molecule has 0 saturated heterocycles. The molecule has 0 aliphatic heterocycles. The number of rotatable bonds is 2. The van der Waals surface area contributed by atoms with Crippen LogP contribution in [-0.2, 0) is 6.18 Å². The monoisotopic (exact) mass is 434 g/mol. The first-order valence-electron chi connectivity index (χ1n) is 6.75. The van der Waals surface area contributed by atoms with Crippen molar-refractivity contribution in [3.8, 4) is 0 Å². The van der Waals surface area contributed by atoms with E-state index in [1.165, 1.54) is 6.07 Å². The summed E-state index contributed by atoms with van der Waals surface area (Å²) in [6.45, 7) is 0. The Kier molecular flexibility index (Phi) is 4.53. The van der Waals surface area contributed by atoms with Crippen molar-refractivity contribution in [1.29, 1.82) is 0 Å². The molecule has 0 spiro atoms. The van der Waals surface area contributed by atoms with Crippen LogP contribution in [0.1, 0.15) is 15.9 Å². The molecular formula is C17H8BrCl2F3O. The molecule has 7 heteroatoms. The molecule has 0 saturated carbocycles. The van der Waals surface area contributed by atoms with E-state index in [-0.39, 0.29) is 26.5 Å². The zero-order valence-corrected chi connectivity index (χ0v) is 14.9. The lowest BCUT2D eigenvalue weighted by molar-refractivity contribution is -0.137. The summed E-state index contributed by atoms with van der Waals surface area (Å²) >= 11 is 15.3. The largest absolute Gasteiger partial charge is 0.416 e. The van der Waals surface area contributed by atoms with E-state index < -0.39 is 11.7 Å². The highest BCUT2D eigenvalue weighted by atomic mass is 79.9. The molecule has 3 aromatic carbocycles. The maximum Gasteiger partial charge on any atom is 0.416 e. The molecule has 24 heavy (non-hydrogen) atoms. The van der Waals surface area contributed by atoms with Crippen molar-refractivity contribution in [3.63, 3.8) is 0 Å². The van der Waals surface area contributed by atoms with E-state index in [2.05, 4.69) is 15.9 Å². The van der Waals surface area contributed by atoms with Gasteiger partial charge in [-0.2, -0.15) is 13.2 Å². The second-order valence-electron chi connectivity index (χ2n) is 5.20. The molecule has 3 rings (SSSR count). The summed E-state index contributed by atoms with van der Waals surface area (Å²) in [6, 6.07) is 8.06. The zero-order chi connectivity index (χ0) is 17.6. The standard InChI is InChI=1S/C17H8BrCl2F3O/c18-7-14(24)11-5-8-1-4-13(19)16(20)15(8)12-6-9(17(21,22)23)2-3-10(11)12/h1-6H,7H2. The van der Waals surface area contributed by atoms with Gasteiger partial charge >= 0.3 is 6.18 Å². The fraction of sp³-hybridized carbons (Fsp3) is 0.118. The van der Waals surface area contributed by atoms with Gasteiger partial charge in [-0.15, -0.1) is 0 Å². The normalized spacial score (nSPS) is 12.1. The lowest BCUT2D eigenvalue weighted by atomic mass is 9.94. The van der Waals surface area contributed by atoms with Gasteiger partial charge in [0.25, 0.3) is 0 Å². The van der Waals surface area contributed by atoms with Crippen molar-refractivity contribution in [2.24, 2.45) is 0 Å². The van der Waals surface area contributed by atoms with Gasteiger partial charge in [0.1, 0.15) is 0 Å². The van der Waals surface area contributed by atoms with E-state index in [9.17, 15) is 18.0 Å². The summed E-state index contributed by atoms with van der Waals surface area (Å²) in [5.41, 5.74) is -0.475. The fourth-order valence-corrected chi connectivity index (χ4v) is 3.39. The van der Waals surface area contributed by atoms with Crippen LogP contribution in [0.15, 0.2) is 36.4 Å². The molecule has 0 fully saturated rings. The van der Waals surface area contributed by atoms with Crippen LogP contribution in [-0.4, -0.2) is 11.1 Å². The lowest BCUT2D eigenvalue weighted by Gasteiger charge is -2.14. The first kappa shape index (κ1) is 17.5. The van der Waals surface area contributed by atoms with Crippen molar-refractivity contribution in [1.82, 2.24) is 0 Å². The first-order chi connectivity index (χ1) is 11.2. The molecule has 3 aromatic rings. The van der Waals surface area contributed by atoms with E-state index in [0.717, 1.165) is 12.1 Å². The van der Waals surface area contributed by atoms with Gasteiger partial charge in [-0.25, -0.2) is 0 Å². The van der Waals surface area contributed by atoms with Gasteiger partial charge in [-0.05, 0) is 40.4 Å². The van der Waals surface area contributed by atoms with Crippen LogP contribution >= 0.6 is 39.1 Å².